The minimum Gasteiger partial charge on any atom is -0.339 e. The van der Waals surface area contributed by atoms with Crippen molar-refractivity contribution in [3.63, 3.8) is 0 Å². The maximum atomic E-state index is 14.3. The molecule has 0 aliphatic heterocycles. The van der Waals surface area contributed by atoms with E-state index in [1.807, 2.05) is 30.3 Å². The molecule has 4 nitrogen and oxygen atoms in total. The molecule has 4 aromatic rings. The van der Waals surface area contributed by atoms with E-state index in [4.69, 9.17) is 0 Å². The lowest BCUT2D eigenvalue weighted by Gasteiger charge is -2.10. The highest BCUT2D eigenvalue weighted by molar-refractivity contribution is 9.10. The second-order valence-electron chi connectivity index (χ2n) is 5.04. The van der Waals surface area contributed by atoms with Crippen molar-refractivity contribution in [1.29, 1.82) is 0 Å². The van der Waals surface area contributed by atoms with Crippen molar-refractivity contribution in [2.45, 2.75) is 0 Å². The number of benzene rings is 2. The number of hydrogen-bond donors (Lipinski definition) is 1. The first-order chi connectivity index (χ1) is 11.2. The number of anilines is 2. The Morgan fingerprint density at radius 2 is 1.87 bits per heavy atom. The number of aromatic nitrogens is 3. The molecule has 112 valence electrons. The molecular formula is C17H10BrFN4. The topological polar surface area (TPSA) is 50.7 Å². The lowest BCUT2D eigenvalue weighted by molar-refractivity contribution is 0.638. The molecule has 0 saturated carbocycles. The van der Waals surface area contributed by atoms with Gasteiger partial charge in [-0.15, -0.1) is 0 Å². The van der Waals surface area contributed by atoms with Crippen LogP contribution in [-0.4, -0.2) is 15.0 Å². The lowest BCUT2D eigenvalue weighted by Crippen LogP contribution is -1.98. The van der Waals surface area contributed by atoms with Crippen LogP contribution in [0.1, 0.15) is 0 Å². The Hall–Kier alpha value is -2.60. The van der Waals surface area contributed by atoms with Crippen molar-refractivity contribution >= 4 is 49.2 Å². The number of halogens is 2. The molecule has 4 rings (SSSR count). The number of hydrogen-bond acceptors (Lipinski definition) is 4. The van der Waals surface area contributed by atoms with Gasteiger partial charge in [0.05, 0.1) is 16.4 Å². The van der Waals surface area contributed by atoms with Crippen molar-refractivity contribution < 1.29 is 4.39 Å². The van der Waals surface area contributed by atoms with Gasteiger partial charge < -0.3 is 5.32 Å². The summed E-state index contributed by atoms with van der Waals surface area (Å²) in [6, 6.07) is 12.8. The van der Waals surface area contributed by atoms with Gasteiger partial charge in [0.1, 0.15) is 18.0 Å². The number of pyridine rings is 1. The van der Waals surface area contributed by atoms with Crippen LogP contribution < -0.4 is 5.32 Å². The Labute approximate surface area is 139 Å². The first kappa shape index (κ1) is 14.0. The van der Waals surface area contributed by atoms with Crippen molar-refractivity contribution in [2.75, 3.05) is 5.32 Å². The predicted molar refractivity (Wildman–Crippen MR) is 92.2 cm³/mol. The highest BCUT2D eigenvalue weighted by Gasteiger charge is 2.11. The second kappa shape index (κ2) is 5.55. The van der Waals surface area contributed by atoms with Crippen LogP contribution >= 0.6 is 15.9 Å². The van der Waals surface area contributed by atoms with Crippen LogP contribution in [0.15, 0.2) is 59.5 Å². The summed E-state index contributed by atoms with van der Waals surface area (Å²) in [6.45, 7) is 0. The molecule has 0 unspecified atom stereocenters. The smallest absolute Gasteiger partial charge is 0.144 e. The summed E-state index contributed by atoms with van der Waals surface area (Å²) in [6.07, 6.45) is 3.15. The number of rotatable bonds is 2. The molecule has 0 saturated heterocycles. The first-order valence-corrected chi connectivity index (χ1v) is 7.71. The Morgan fingerprint density at radius 3 is 2.78 bits per heavy atom. The summed E-state index contributed by atoms with van der Waals surface area (Å²) in [5.41, 5.74) is 2.19. The highest BCUT2D eigenvalue weighted by Crippen LogP contribution is 2.29. The summed E-state index contributed by atoms with van der Waals surface area (Å²) >= 11 is 3.27. The van der Waals surface area contributed by atoms with Crippen LogP contribution in [0, 0.1) is 5.82 Å². The minimum absolute atomic E-state index is 0.358. The molecule has 23 heavy (non-hydrogen) atoms. The van der Waals surface area contributed by atoms with Crippen LogP contribution in [0.2, 0.25) is 0 Å². The largest absolute Gasteiger partial charge is 0.339 e. The SMILES string of the molecule is Fc1cc(Br)cc2ncnc(Nc3ccc4cccnc4c3)c12. The van der Waals surface area contributed by atoms with Crippen LogP contribution in [0.25, 0.3) is 21.8 Å². The molecule has 0 bridgehead atoms. The van der Waals surface area contributed by atoms with E-state index < -0.39 is 0 Å². The molecule has 2 aromatic carbocycles. The predicted octanol–water partition coefficient (Wildman–Crippen LogP) is 4.82. The zero-order chi connectivity index (χ0) is 15.8. The molecule has 0 spiro atoms. The number of nitrogens with one attached hydrogen (secondary N) is 1. The Morgan fingerprint density at radius 1 is 0.957 bits per heavy atom. The molecular weight excluding hydrogens is 359 g/mol. The summed E-state index contributed by atoms with van der Waals surface area (Å²) in [5, 5.41) is 4.55. The molecule has 0 radical (unpaired) electrons. The van der Waals surface area contributed by atoms with Crippen molar-refractivity contribution in [3.05, 3.63) is 65.3 Å². The van der Waals surface area contributed by atoms with E-state index in [0.717, 1.165) is 16.6 Å². The zero-order valence-electron chi connectivity index (χ0n) is 11.8. The second-order valence-corrected chi connectivity index (χ2v) is 5.96. The maximum Gasteiger partial charge on any atom is 0.144 e. The van der Waals surface area contributed by atoms with Gasteiger partial charge in [-0.1, -0.05) is 28.1 Å². The molecule has 0 fully saturated rings. The molecule has 0 aliphatic carbocycles. The molecule has 2 heterocycles. The summed E-state index contributed by atoms with van der Waals surface area (Å²) in [7, 11) is 0. The van der Waals surface area contributed by atoms with Crippen molar-refractivity contribution in [2.24, 2.45) is 0 Å². The third-order valence-corrected chi connectivity index (χ3v) is 3.98. The maximum absolute atomic E-state index is 14.3. The van der Waals surface area contributed by atoms with Gasteiger partial charge in [0, 0.05) is 21.7 Å². The molecule has 1 N–H and O–H groups in total. The van der Waals surface area contributed by atoms with E-state index in [1.165, 1.54) is 12.4 Å². The van der Waals surface area contributed by atoms with Gasteiger partial charge in [-0.25, -0.2) is 14.4 Å². The van der Waals surface area contributed by atoms with Gasteiger partial charge in [-0.05, 0) is 30.3 Å². The third kappa shape index (κ3) is 2.61. The molecule has 0 aliphatic rings. The van der Waals surface area contributed by atoms with E-state index in [2.05, 4.69) is 36.2 Å². The molecule has 0 atom stereocenters. The summed E-state index contributed by atoms with van der Waals surface area (Å²) in [5.74, 6) is 0.0478. The fourth-order valence-corrected chi connectivity index (χ4v) is 2.90. The van der Waals surface area contributed by atoms with Gasteiger partial charge in [0.2, 0.25) is 0 Å². The Balaban J connectivity index is 1.82. The van der Waals surface area contributed by atoms with Crippen LogP contribution in [-0.2, 0) is 0 Å². The van der Waals surface area contributed by atoms with Crippen molar-refractivity contribution in [1.82, 2.24) is 15.0 Å². The fourth-order valence-electron chi connectivity index (χ4n) is 2.49. The lowest BCUT2D eigenvalue weighted by atomic mass is 10.2. The molecule has 6 heteroatoms. The average molecular weight is 369 g/mol. The number of nitrogens with zero attached hydrogens (tertiary/aromatic N) is 3. The highest BCUT2D eigenvalue weighted by atomic mass is 79.9. The number of fused-ring (bicyclic) bond motifs is 2. The van der Waals surface area contributed by atoms with Gasteiger partial charge in [0.25, 0.3) is 0 Å². The van der Waals surface area contributed by atoms with Gasteiger partial charge >= 0.3 is 0 Å². The third-order valence-electron chi connectivity index (χ3n) is 3.52. The van der Waals surface area contributed by atoms with E-state index in [0.29, 0.717) is 21.2 Å². The Bertz CT molecular complexity index is 1040. The quantitative estimate of drug-likeness (QED) is 0.550. The monoisotopic (exact) mass is 368 g/mol. The van der Waals surface area contributed by atoms with E-state index in [-0.39, 0.29) is 5.82 Å². The van der Waals surface area contributed by atoms with Gasteiger partial charge in [-0.2, -0.15) is 0 Å². The normalized spacial score (nSPS) is 11.0. The van der Waals surface area contributed by atoms with Gasteiger partial charge in [-0.3, -0.25) is 4.98 Å². The standard InChI is InChI=1S/C17H10BrFN4/c18-11-6-13(19)16-15(7-11)21-9-22-17(16)23-12-4-3-10-2-1-5-20-14(10)8-12/h1-9H,(H,21,22,23). The summed E-state index contributed by atoms with van der Waals surface area (Å²) < 4.78 is 14.9. The van der Waals surface area contributed by atoms with Crippen molar-refractivity contribution in [3.8, 4) is 0 Å². The molecule has 2 aromatic heterocycles. The van der Waals surface area contributed by atoms with E-state index in [9.17, 15) is 4.39 Å². The van der Waals surface area contributed by atoms with E-state index in [1.54, 1.807) is 12.3 Å². The van der Waals surface area contributed by atoms with E-state index >= 15 is 0 Å². The average Bonchev–Trinajstić information content (AvgIpc) is 2.54. The zero-order valence-corrected chi connectivity index (χ0v) is 13.4. The van der Waals surface area contributed by atoms with Crippen LogP contribution in [0.3, 0.4) is 0 Å². The summed E-state index contributed by atoms with van der Waals surface area (Å²) in [4.78, 5) is 12.6. The van der Waals surface area contributed by atoms with Crippen LogP contribution in [0.5, 0.6) is 0 Å². The Kier molecular flexibility index (Phi) is 3.38. The van der Waals surface area contributed by atoms with Crippen LogP contribution in [0.4, 0.5) is 15.9 Å². The fraction of sp³-hybridized carbons (Fsp3) is 0. The minimum atomic E-state index is -0.378. The molecule has 0 amide bonds. The van der Waals surface area contributed by atoms with Gasteiger partial charge in [0.15, 0.2) is 0 Å². The first-order valence-electron chi connectivity index (χ1n) is 6.92.